The molecule has 1 fully saturated rings. The van der Waals surface area contributed by atoms with Gasteiger partial charge in [-0.3, -0.25) is 19.3 Å². The van der Waals surface area contributed by atoms with Gasteiger partial charge in [-0.2, -0.15) is 0 Å². The summed E-state index contributed by atoms with van der Waals surface area (Å²) in [6, 6.07) is -0.981. The second-order valence-corrected chi connectivity index (χ2v) is 6.01. The van der Waals surface area contributed by atoms with Crippen molar-refractivity contribution in [2.45, 2.75) is 45.2 Å². The Morgan fingerprint density at radius 3 is 2.59 bits per heavy atom. The number of amides is 2. The number of carbonyl (C=O) groups is 3. The fraction of sp³-hybridized carbons (Fsp3) is 0.688. The highest BCUT2D eigenvalue weighted by atomic mass is 16.2. The van der Waals surface area contributed by atoms with E-state index in [4.69, 9.17) is 0 Å². The number of likely N-dealkylation sites (tertiary alicyclic amines) is 1. The van der Waals surface area contributed by atoms with Crippen molar-refractivity contribution in [1.82, 2.24) is 15.5 Å². The quantitative estimate of drug-likeness (QED) is 0.505. The number of likely N-dealkylation sites (N-methyl/N-ethyl adjacent to an activating group) is 1. The first-order valence-electron chi connectivity index (χ1n) is 7.84. The van der Waals surface area contributed by atoms with E-state index < -0.39 is 17.7 Å². The van der Waals surface area contributed by atoms with Crippen LogP contribution in [0.15, 0.2) is 12.7 Å². The Bertz CT molecular complexity index is 436. The van der Waals surface area contributed by atoms with Gasteiger partial charge in [0.15, 0.2) is 0 Å². The molecule has 0 saturated carbocycles. The lowest BCUT2D eigenvalue weighted by atomic mass is 10.0. The Hall–Kier alpha value is -1.69. The van der Waals surface area contributed by atoms with Gasteiger partial charge in [-0.1, -0.05) is 26.3 Å². The van der Waals surface area contributed by atoms with Crippen molar-refractivity contribution in [2.24, 2.45) is 5.92 Å². The van der Waals surface area contributed by atoms with Crippen LogP contribution in [0.5, 0.6) is 0 Å². The molecule has 22 heavy (non-hydrogen) atoms. The number of Topliss-reactive ketones (excluding diaryl/α,β-unsaturated/α-hetero) is 1. The SMILES string of the molecule is C=CCNC(=O)C(=O)C(CCC)NC(=O)[C@@H]1C[C@@H](C)CN1C. The van der Waals surface area contributed by atoms with Crippen LogP contribution >= 0.6 is 0 Å². The number of nitrogens with one attached hydrogen (secondary N) is 2. The summed E-state index contributed by atoms with van der Waals surface area (Å²) in [5.74, 6) is -0.982. The zero-order valence-electron chi connectivity index (χ0n) is 13.7. The third-order valence-corrected chi connectivity index (χ3v) is 3.90. The summed E-state index contributed by atoms with van der Waals surface area (Å²) >= 11 is 0. The predicted octanol–water partition coefficient (Wildman–Crippen LogP) is 0.483. The van der Waals surface area contributed by atoms with Crippen molar-refractivity contribution in [3.8, 4) is 0 Å². The third-order valence-electron chi connectivity index (χ3n) is 3.90. The molecule has 0 radical (unpaired) electrons. The molecular formula is C16H27N3O3. The van der Waals surface area contributed by atoms with Crippen molar-refractivity contribution in [3.63, 3.8) is 0 Å². The second-order valence-electron chi connectivity index (χ2n) is 6.01. The van der Waals surface area contributed by atoms with Crippen LogP contribution in [0, 0.1) is 5.92 Å². The van der Waals surface area contributed by atoms with Gasteiger partial charge in [-0.05, 0) is 25.8 Å². The monoisotopic (exact) mass is 309 g/mol. The Balaban J connectivity index is 2.66. The Kier molecular flexibility index (Phi) is 7.24. The summed E-state index contributed by atoms with van der Waals surface area (Å²) in [6.45, 7) is 8.60. The van der Waals surface area contributed by atoms with Gasteiger partial charge >= 0.3 is 0 Å². The van der Waals surface area contributed by atoms with E-state index in [0.29, 0.717) is 18.8 Å². The summed E-state index contributed by atoms with van der Waals surface area (Å²) in [4.78, 5) is 38.3. The van der Waals surface area contributed by atoms with E-state index in [1.165, 1.54) is 6.08 Å². The molecule has 1 aliphatic rings. The zero-order valence-corrected chi connectivity index (χ0v) is 13.7. The van der Waals surface area contributed by atoms with Gasteiger partial charge in [0.25, 0.3) is 5.91 Å². The number of carbonyl (C=O) groups excluding carboxylic acids is 3. The maximum atomic E-state index is 12.4. The third kappa shape index (κ3) is 4.94. The molecule has 2 amide bonds. The fourth-order valence-electron chi connectivity index (χ4n) is 2.80. The summed E-state index contributed by atoms with van der Waals surface area (Å²) in [7, 11) is 1.90. The standard InChI is InChI=1S/C16H27N3O3/c1-5-7-12(14(20)16(22)17-8-6-2)18-15(21)13-9-11(3)10-19(13)4/h6,11-13H,2,5,7-10H2,1,3-4H3,(H,17,22)(H,18,21)/t11-,12?,13+/m1/s1. The number of nitrogens with zero attached hydrogens (tertiary/aromatic N) is 1. The van der Waals surface area contributed by atoms with Crippen LogP contribution in [-0.2, 0) is 14.4 Å². The van der Waals surface area contributed by atoms with Gasteiger partial charge in [-0.15, -0.1) is 6.58 Å². The maximum Gasteiger partial charge on any atom is 0.289 e. The molecule has 1 saturated heterocycles. The van der Waals surface area contributed by atoms with Crippen molar-refractivity contribution >= 4 is 17.6 Å². The summed E-state index contributed by atoms with van der Waals surface area (Å²) in [6.07, 6.45) is 3.45. The first-order chi connectivity index (χ1) is 10.4. The molecule has 124 valence electrons. The van der Waals surface area contributed by atoms with Crippen molar-refractivity contribution in [3.05, 3.63) is 12.7 Å². The van der Waals surface area contributed by atoms with E-state index in [0.717, 1.165) is 13.0 Å². The highest BCUT2D eigenvalue weighted by Gasteiger charge is 2.35. The molecule has 0 bridgehead atoms. The molecular weight excluding hydrogens is 282 g/mol. The van der Waals surface area contributed by atoms with E-state index in [2.05, 4.69) is 24.1 Å². The van der Waals surface area contributed by atoms with Crippen LogP contribution in [-0.4, -0.2) is 54.7 Å². The van der Waals surface area contributed by atoms with Gasteiger partial charge in [0.05, 0.1) is 12.1 Å². The Morgan fingerprint density at radius 1 is 1.41 bits per heavy atom. The van der Waals surface area contributed by atoms with Crippen LogP contribution in [0.2, 0.25) is 0 Å². The number of ketones is 1. The highest BCUT2D eigenvalue weighted by Crippen LogP contribution is 2.21. The summed E-state index contributed by atoms with van der Waals surface area (Å²) in [5, 5.41) is 5.21. The summed E-state index contributed by atoms with van der Waals surface area (Å²) in [5.41, 5.74) is 0. The average Bonchev–Trinajstić information content (AvgIpc) is 2.82. The van der Waals surface area contributed by atoms with Gasteiger partial charge in [0.1, 0.15) is 0 Å². The van der Waals surface area contributed by atoms with Crippen LogP contribution < -0.4 is 10.6 Å². The lowest BCUT2D eigenvalue weighted by Crippen LogP contribution is -2.51. The number of hydrogen-bond donors (Lipinski definition) is 2. The molecule has 1 heterocycles. The molecule has 1 aliphatic heterocycles. The molecule has 3 atom stereocenters. The predicted molar refractivity (Wildman–Crippen MR) is 85.3 cm³/mol. The molecule has 0 spiro atoms. The zero-order chi connectivity index (χ0) is 16.7. The molecule has 1 rings (SSSR count). The normalized spacial score (nSPS) is 22.9. The van der Waals surface area contributed by atoms with Crippen LogP contribution in [0.4, 0.5) is 0 Å². The molecule has 2 N–H and O–H groups in total. The average molecular weight is 309 g/mol. The summed E-state index contributed by atoms with van der Waals surface area (Å²) < 4.78 is 0. The number of hydrogen-bond acceptors (Lipinski definition) is 4. The minimum absolute atomic E-state index is 0.171. The lowest BCUT2D eigenvalue weighted by Gasteiger charge is -2.22. The Labute approximate surface area is 132 Å². The van der Waals surface area contributed by atoms with Gasteiger partial charge in [0, 0.05) is 13.1 Å². The first kappa shape index (κ1) is 18.4. The van der Waals surface area contributed by atoms with Crippen molar-refractivity contribution < 1.29 is 14.4 Å². The Morgan fingerprint density at radius 2 is 2.09 bits per heavy atom. The fourth-order valence-corrected chi connectivity index (χ4v) is 2.80. The van der Waals surface area contributed by atoms with Gasteiger partial charge in [-0.25, -0.2) is 0 Å². The molecule has 0 aliphatic carbocycles. The van der Waals surface area contributed by atoms with Crippen LogP contribution in [0.25, 0.3) is 0 Å². The molecule has 6 nitrogen and oxygen atoms in total. The lowest BCUT2D eigenvalue weighted by molar-refractivity contribution is -0.140. The molecule has 1 unspecified atom stereocenters. The van der Waals surface area contributed by atoms with Gasteiger partial charge in [0.2, 0.25) is 11.7 Å². The van der Waals surface area contributed by atoms with E-state index in [1.807, 2.05) is 18.9 Å². The van der Waals surface area contributed by atoms with E-state index >= 15 is 0 Å². The highest BCUT2D eigenvalue weighted by molar-refractivity contribution is 6.38. The smallest absolute Gasteiger partial charge is 0.289 e. The molecule has 0 aromatic carbocycles. The largest absolute Gasteiger partial charge is 0.346 e. The van der Waals surface area contributed by atoms with Crippen LogP contribution in [0.1, 0.15) is 33.1 Å². The van der Waals surface area contributed by atoms with E-state index in [-0.39, 0.29) is 18.5 Å². The molecule has 0 aromatic heterocycles. The minimum atomic E-state index is -0.758. The van der Waals surface area contributed by atoms with E-state index in [9.17, 15) is 14.4 Å². The van der Waals surface area contributed by atoms with E-state index in [1.54, 1.807) is 0 Å². The minimum Gasteiger partial charge on any atom is -0.346 e. The topological polar surface area (TPSA) is 78.5 Å². The van der Waals surface area contributed by atoms with Crippen molar-refractivity contribution in [1.29, 1.82) is 0 Å². The van der Waals surface area contributed by atoms with Crippen LogP contribution in [0.3, 0.4) is 0 Å². The number of rotatable bonds is 8. The maximum absolute atomic E-state index is 12.4. The van der Waals surface area contributed by atoms with Crippen molar-refractivity contribution in [2.75, 3.05) is 20.1 Å². The first-order valence-corrected chi connectivity index (χ1v) is 7.84. The van der Waals surface area contributed by atoms with Gasteiger partial charge < -0.3 is 10.6 Å². The second kappa shape index (κ2) is 8.68. The molecule has 0 aromatic rings. The molecule has 6 heteroatoms.